The van der Waals surface area contributed by atoms with Crippen LogP contribution in [0, 0.1) is 0 Å². The van der Waals surface area contributed by atoms with E-state index < -0.39 is 17.8 Å². The van der Waals surface area contributed by atoms with Gasteiger partial charge in [0, 0.05) is 17.7 Å². The molecule has 1 fully saturated rings. The van der Waals surface area contributed by atoms with Crippen LogP contribution >= 0.6 is 12.6 Å². The van der Waals surface area contributed by atoms with Crippen molar-refractivity contribution in [3.05, 3.63) is 29.8 Å². The summed E-state index contributed by atoms with van der Waals surface area (Å²) in [5.74, 6) is -1.76. The summed E-state index contributed by atoms with van der Waals surface area (Å²) in [5.41, 5.74) is 0.211. The van der Waals surface area contributed by atoms with Gasteiger partial charge in [0.2, 0.25) is 0 Å². The zero-order chi connectivity index (χ0) is 12.4. The van der Waals surface area contributed by atoms with Crippen molar-refractivity contribution in [2.24, 2.45) is 0 Å². The molecule has 0 spiro atoms. The molecule has 0 saturated carbocycles. The van der Waals surface area contributed by atoms with Crippen molar-refractivity contribution in [3.8, 4) is 0 Å². The molecular weight excluding hydrogens is 242 g/mol. The first kappa shape index (κ1) is 11.7. The first-order valence-corrected chi connectivity index (χ1v) is 5.40. The smallest absolute Gasteiger partial charge is 0.325 e. The van der Waals surface area contributed by atoms with E-state index in [1.54, 1.807) is 18.2 Å². The fourth-order valence-electron chi connectivity index (χ4n) is 1.44. The molecule has 5 nitrogen and oxygen atoms in total. The summed E-state index contributed by atoms with van der Waals surface area (Å²) < 4.78 is 0. The second-order valence-electron chi connectivity index (χ2n) is 3.48. The lowest BCUT2D eigenvalue weighted by molar-refractivity contribution is -0.172. The van der Waals surface area contributed by atoms with Gasteiger partial charge in [-0.05, 0) is 12.1 Å². The highest BCUT2D eigenvalue weighted by Crippen LogP contribution is 2.17. The minimum absolute atomic E-state index is 0.0780. The number of benzene rings is 1. The molecule has 2 rings (SSSR count). The first-order valence-electron chi connectivity index (χ1n) is 4.95. The van der Waals surface area contributed by atoms with Crippen molar-refractivity contribution in [1.29, 1.82) is 0 Å². The lowest BCUT2D eigenvalue weighted by atomic mass is 10.2. The quantitative estimate of drug-likeness (QED) is 0.633. The molecule has 1 aliphatic heterocycles. The maximum atomic E-state index is 11.7. The molecule has 1 heterocycles. The van der Waals surface area contributed by atoms with Gasteiger partial charge >= 0.3 is 5.97 Å². The molecule has 0 atom stereocenters. The standard InChI is InChI=1S/C11H9NO4S/c13-9-5-6-10(14)12(9)16-11(15)7-3-1-2-4-8(7)17/h1-4,17H,5-6H2. The van der Waals surface area contributed by atoms with Crippen LogP contribution in [0.4, 0.5) is 0 Å². The van der Waals surface area contributed by atoms with Gasteiger partial charge in [0.15, 0.2) is 0 Å². The molecule has 1 aromatic rings. The summed E-state index contributed by atoms with van der Waals surface area (Å²) in [7, 11) is 0. The van der Waals surface area contributed by atoms with E-state index in [0.29, 0.717) is 9.96 Å². The Balaban J connectivity index is 2.15. The summed E-state index contributed by atoms with van der Waals surface area (Å²) in [6.07, 6.45) is 0.156. The van der Waals surface area contributed by atoms with Crippen LogP contribution in [0.1, 0.15) is 23.2 Å². The number of nitrogens with zero attached hydrogens (tertiary/aromatic N) is 1. The van der Waals surface area contributed by atoms with Crippen LogP contribution in [0.15, 0.2) is 29.2 Å². The monoisotopic (exact) mass is 251 g/mol. The lowest BCUT2D eigenvalue weighted by Crippen LogP contribution is -2.32. The van der Waals surface area contributed by atoms with Crippen molar-refractivity contribution in [2.45, 2.75) is 17.7 Å². The Labute approximate surface area is 103 Å². The van der Waals surface area contributed by atoms with Crippen LogP contribution in [-0.2, 0) is 14.4 Å². The predicted octanol–water partition coefficient (Wildman–Crippen LogP) is 1.20. The number of hydrogen-bond acceptors (Lipinski definition) is 5. The highest BCUT2D eigenvalue weighted by molar-refractivity contribution is 7.80. The van der Waals surface area contributed by atoms with Crippen molar-refractivity contribution in [2.75, 3.05) is 0 Å². The van der Waals surface area contributed by atoms with E-state index in [4.69, 9.17) is 4.84 Å². The average Bonchev–Trinajstić information content (AvgIpc) is 2.61. The van der Waals surface area contributed by atoms with Crippen molar-refractivity contribution < 1.29 is 19.2 Å². The number of rotatable bonds is 2. The molecule has 1 aliphatic rings. The van der Waals surface area contributed by atoms with E-state index in [1.807, 2.05) is 0 Å². The third kappa shape index (κ3) is 2.31. The Morgan fingerprint density at radius 1 is 1.18 bits per heavy atom. The number of carbonyl (C=O) groups is 3. The molecule has 0 radical (unpaired) electrons. The second kappa shape index (κ2) is 4.58. The summed E-state index contributed by atoms with van der Waals surface area (Å²) in [6, 6.07) is 6.48. The Morgan fingerprint density at radius 2 is 1.76 bits per heavy atom. The molecule has 0 N–H and O–H groups in total. The molecule has 0 aromatic heterocycles. The van der Waals surface area contributed by atoms with Crippen LogP contribution in [-0.4, -0.2) is 22.8 Å². The Morgan fingerprint density at radius 3 is 2.35 bits per heavy atom. The number of imide groups is 1. The number of amides is 2. The van der Waals surface area contributed by atoms with E-state index in [0.717, 1.165) is 0 Å². The molecule has 17 heavy (non-hydrogen) atoms. The fourth-order valence-corrected chi connectivity index (χ4v) is 1.69. The molecule has 0 aliphatic carbocycles. The van der Waals surface area contributed by atoms with Crippen molar-refractivity contribution in [3.63, 3.8) is 0 Å². The number of hydroxylamine groups is 2. The van der Waals surface area contributed by atoms with Gasteiger partial charge in [-0.2, -0.15) is 0 Å². The maximum absolute atomic E-state index is 11.7. The first-order chi connectivity index (χ1) is 8.09. The van der Waals surface area contributed by atoms with E-state index in [9.17, 15) is 14.4 Å². The van der Waals surface area contributed by atoms with Gasteiger partial charge in [-0.1, -0.05) is 12.1 Å². The summed E-state index contributed by atoms with van der Waals surface area (Å²) >= 11 is 4.09. The Kier molecular flexibility index (Phi) is 3.14. The van der Waals surface area contributed by atoms with Crippen LogP contribution < -0.4 is 0 Å². The van der Waals surface area contributed by atoms with E-state index >= 15 is 0 Å². The summed E-state index contributed by atoms with van der Waals surface area (Å²) in [4.78, 5) is 39.4. The van der Waals surface area contributed by atoms with E-state index in [2.05, 4.69) is 12.6 Å². The van der Waals surface area contributed by atoms with Gasteiger partial charge < -0.3 is 4.84 Å². The molecular formula is C11H9NO4S. The molecule has 2 amide bonds. The highest BCUT2D eigenvalue weighted by Gasteiger charge is 2.33. The zero-order valence-electron chi connectivity index (χ0n) is 8.75. The molecule has 88 valence electrons. The van der Waals surface area contributed by atoms with Crippen molar-refractivity contribution in [1.82, 2.24) is 5.06 Å². The van der Waals surface area contributed by atoms with Gasteiger partial charge in [-0.3, -0.25) is 9.59 Å². The number of carbonyl (C=O) groups excluding carboxylic acids is 3. The largest absolute Gasteiger partial charge is 0.365 e. The lowest BCUT2D eigenvalue weighted by Gasteiger charge is -2.13. The van der Waals surface area contributed by atoms with Crippen LogP contribution in [0.25, 0.3) is 0 Å². The molecule has 0 unspecified atom stereocenters. The van der Waals surface area contributed by atoms with E-state index in [1.165, 1.54) is 6.07 Å². The topological polar surface area (TPSA) is 63.7 Å². The van der Waals surface area contributed by atoms with Gasteiger partial charge in [-0.25, -0.2) is 4.79 Å². The maximum Gasteiger partial charge on any atom is 0.365 e. The number of hydrogen-bond donors (Lipinski definition) is 1. The zero-order valence-corrected chi connectivity index (χ0v) is 9.65. The minimum atomic E-state index is -0.765. The molecule has 6 heteroatoms. The van der Waals surface area contributed by atoms with E-state index in [-0.39, 0.29) is 18.4 Å². The summed E-state index contributed by atoms with van der Waals surface area (Å²) in [5, 5.41) is 0.516. The van der Waals surface area contributed by atoms with Crippen LogP contribution in [0.2, 0.25) is 0 Å². The third-order valence-electron chi connectivity index (χ3n) is 2.30. The Hall–Kier alpha value is -1.82. The van der Waals surface area contributed by atoms with Gasteiger partial charge in [0.25, 0.3) is 11.8 Å². The minimum Gasteiger partial charge on any atom is -0.325 e. The predicted molar refractivity (Wildman–Crippen MR) is 60.2 cm³/mol. The van der Waals surface area contributed by atoms with Gasteiger partial charge in [0.1, 0.15) is 0 Å². The van der Waals surface area contributed by atoms with Gasteiger partial charge in [-0.15, -0.1) is 17.7 Å². The third-order valence-corrected chi connectivity index (χ3v) is 2.69. The normalized spacial score (nSPS) is 15.2. The molecule has 1 aromatic carbocycles. The van der Waals surface area contributed by atoms with Gasteiger partial charge in [0.05, 0.1) is 5.56 Å². The van der Waals surface area contributed by atoms with Crippen LogP contribution in [0.3, 0.4) is 0 Å². The Bertz CT molecular complexity index is 484. The molecule has 1 saturated heterocycles. The second-order valence-corrected chi connectivity index (χ2v) is 3.96. The number of thiol groups is 1. The summed E-state index contributed by atoms with van der Waals surface area (Å²) in [6.45, 7) is 0. The fraction of sp³-hybridized carbons (Fsp3) is 0.182. The molecule has 0 bridgehead atoms. The van der Waals surface area contributed by atoms with Crippen LogP contribution in [0.5, 0.6) is 0 Å². The average molecular weight is 251 g/mol. The highest BCUT2D eigenvalue weighted by atomic mass is 32.1. The SMILES string of the molecule is O=C(ON1C(=O)CCC1=O)c1ccccc1S. The van der Waals surface area contributed by atoms with Crippen molar-refractivity contribution >= 4 is 30.4 Å².